The topological polar surface area (TPSA) is 37.8 Å². The molecule has 14 heavy (non-hydrogen) atoms. The highest BCUT2D eigenvalue weighted by atomic mass is 15.1. The summed E-state index contributed by atoms with van der Waals surface area (Å²) in [4.78, 5) is 8.93. The highest BCUT2D eigenvalue weighted by Crippen LogP contribution is 2.23. The summed E-state index contributed by atoms with van der Waals surface area (Å²) >= 11 is 0. The van der Waals surface area contributed by atoms with Crippen molar-refractivity contribution in [2.45, 2.75) is 46.1 Å². The van der Waals surface area contributed by atoms with Crippen molar-refractivity contribution < 1.29 is 0 Å². The van der Waals surface area contributed by atoms with Crippen molar-refractivity contribution >= 4 is 5.95 Å². The molecule has 1 heterocycles. The Labute approximate surface area is 85.0 Å². The molecule has 0 aliphatic heterocycles. The molecule has 0 saturated heterocycles. The first-order valence-corrected chi connectivity index (χ1v) is 5.31. The Bertz CT molecular complexity index is 319. The molecule has 1 fully saturated rings. The number of nitrogens with zero attached hydrogens (tertiary/aromatic N) is 2. The fraction of sp³-hybridized carbons (Fsp3) is 0.636. The third kappa shape index (κ3) is 1.86. The minimum absolute atomic E-state index is 0.626. The standard InChI is InChI=1S/C11H17N3/c1-4-10-7(2)12-11(13-8(10)3)14-9-5-6-9/h9H,4-6H2,1-3H3,(H,12,13,14). The molecule has 0 amide bonds. The first kappa shape index (κ1) is 9.44. The Morgan fingerprint density at radius 3 is 2.21 bits per heavy atom. The molecule has 0 radical (unpaired) electrons. The van der Waals surface area contributed by atoms with E-state index in [1.807, 2.05) is 0 Å². The van der Waals surface area contributed by atoms with Crippen molar-refractivity contribution in [3.05, 3.63) is 17.0 Å². The largest absolute Gasteiger partial charge is 0.351 e. The van der Waals surface area contributed by atoms with Gasteiger partial charge in [0.15, 0.2) is 0 Å². The van der Waals surface area contributed by atoms with E-state index < -0.39 is 0 Å². The Kier molecular flexibility index (Phi) is 2.40. The van der Waals surface area contributed by atoms with Crippen LogP contribution in [0.3, 0.4) is 0 Å². The van der Waals surface area contributed by atoms with Crippen LogP contribution in [0.4, 0.5) is 5.95 Å². The van der Waals surface area contributed by atoms with E-state index in [0.717, 1.165) is 23.8 Å². The van der Waals surface area contributed by atoms with Crippen LogP contribution in [0.1, 0.15) is 36.7 Å². The van der Waals surface area contributed by atoms with Gasteiger partial charge in [0.05, 0.1) is 0 Å². The van der Waals surface area contributed by atoms with Crippen LogP contribution in [0, 0.1) is 13.8 Å². The number of aryl methyl sites for hydroxylation is 2. The summed E-state index contributed by atoms with van der Waals surface area (Å²) in [6.45, 7) is 6.27. The zero-order valence-electron chi connectivity index (χ0n) is 9.09. The third-order valence-electron chi connectivity index (χ3n) is 2.68. The van der Waals surface area contributed by atoms with Crippen LogP contribution in [0.2, 0.25) is 0 Å². The van der Waals surface area contributed by atoms with Crippen molar-refractivity contribution in [3.8, 4) is 0 Å². The number of anilines is 1. The quantitative estimate of drug-likeness (QED) is 0.796. The number of aromatic nitrogens is 2. The molecule has 1 aliphatic carbocycles. The molecule has 0 atom stereocenters. The number of nitrogens with one attached hydrogen (secondary N) is 1. The molecule has 3 nitrogen and oxygen atoms in total. The van der Waals surface area contributed by atoms with Crippen molar-refractivity contribution in [1.29, 1.82) is 0 Å². The van der Waals surface area contributed by atoms with Gasteiger partial charge in [-0.15, -0.1) is 0 Å². The van der Waals surface area contributed by atoms with E-state index in [-0.39, 0.29) is 0 Å². The normalized spacial score (nSPS) is 15.6. The lowest BCUT2D eigenvalue weighted by Gasteiger charge is -2.09. The molecular formula is C11H17N3. The lowest BCUT2D eigenvalue weighted by molar-refractivity contribution is 0.939. The van der Waals surface area contributed by atoms with Crippen molar-refractivity contribution in [1.82, 2.24) is 9.97 Å². The molecule has 1 aliphatic rings. The van der Waals surface area contributed by atoms with Gasteiger partial charge in [0.1, 0.15) is 0 Å². The number of rotatable bonds is 3. The SMILES string of the molecule is CCc1c(C)nc(NC2CC2)nc1C. The average Bonchev–Trinajstić information content (AvgIpc) is 2.87. The van der Waals surface area contributed by atoms with Gasteiger partial charge in [-0.3, -0.25) is 0 Å². The summed E-state index contributed by atoms with van der Waals surface area (Å²) < 4.78 is 0. The Morgan fingerprint density at radius 2 is 1.79 bits per heavy atom. The van der Waals surface area contributed by atoms with Crippen LogP contribution in [-0.4, -0.2) is 16.0 Å². The van der Waals surface area contributed by atoms with Gasteiger partial charge in [-0.25, -0.2) is 9.97 Å². The van der Waals surface area contributed by atoms with Crippen LogP contribution >= 0.6 is 0 Å². The molecule has 0 unspecified atom stereocenters. The molecule has 76 valence electrons. The minimum atomic E-state index is 0.626. The predicted molar refractivity (Wildman–Crippen MR) is 57.5 cm³/mol. The maximum atomic E-state index is 4.46. The smallest absolute Gasteiger partial charge is 0.223 e. The molecule has 1 saturated carbocycles. The minimum Gasteiger partial charge on any atom is -0.351 e. The van der Waals surface area contributed by atoms with Gasteiger partial charge < -0.3 is 5.32 Å². The first-order valence-electron chi connectivity index (χ1n) is 5.31. The lowest BCUT2D eigenvalue weighted by atomic mass is 10.1. The Balaban J connectivity index is 2.25. The summed E-state index contributed by atoms with van der Waals surface area (Å²) in [7, 11) is 0. The van der Waals surface area contributed by atoms with Crippen molar-refractivity contribution in [2.24, 2.45) is 0 Å². The molecule has 1 N–H and O–H groups in total. The molecule has 1 aromatic rings. The van der Waals surface area contributed by atoms with Gasteiger partial charge in [-0.05, 0) is 38.7 Å². The van der Waals surface area contributed by atoms with E-state index in [1.165, 1.54) is 18.4 Å². The molecule has 1 aromatic heterocycles. The van der Waals surface area contributed by atoms with E-state index >= 15 is 0 Å². The van der Waals surface area contributed by atoms with Gasteiger partial charge >= 0.3 is 0 Å². The van der Waals surface area contributed by atoms with Crippen LogP contribution in [0.25, 0.3) is 0 Å². The maximum absolute atomic E-state index is 4.46. The van der Waals surface area contributed by atoms with Gasteiger partial charge in [0.2, 0.25) is 5.95 Å². The van der Waals surface area contributed by atoms with E-state index in [2.05, 4.69) is 36.1 Å². The van der Waals surface area contributed by atoms with Gasteiger partial charge in [0, 0.05) is 17.4 Å². The molecule has 0 spiro atoms. The predicted octanol–water partition coefficient (Wildman–Crippen LogP) is 2.23. The summed E-state index contributed by atoms with van der Waals surface area (Å²) in [5.74, 6) is 0.805. The fourth-order valence-corrected chi connectivity index (χ4v) is 1.73. The Morgan fingerprint density at radius 1 is 1.21 bits per heavy atom. The van der Waals surface area contributed by atoms with Crippen LogP contribution in [-0.2, 0) is 6.42 Å². The van der Waals surface area contributed by atoms with E-state index in [1.54, 1.807) is 0 Å². The summed E-state index contributed by atoms with van der Waals surface area (Å²) in [5, 5.41) is 3.33. The second-order valence-corrected chi connectivity index (χ2v) is 3.97. The van der Waals surface area contributed by atoms with E-state index in [9.17, 15) is 0 Å². The van der Waals surface area contributed by atoms with Crippen LogP contribution in [0.5, 0.6) is 0 Å². The van der Waals surface area contributed by atoms with Gasteiger partial charge in [0.25, 0.3) is 0 Å². The molecule has 0 aromatic carbocycles. The average molecular weight is 191 g/mol. The molecule has 2 rings (SSSR count). The highest BCUT2D eigenvalue weighted by molar-refractivity contribution is 5.35. The summed E-state index contributed by atoms with van der Waals surface area (Å²) in [6.07, 6.45) is 3.54. The third-order valence-corrected chi connectivity index (χ3v) is 2.68. The second kappa shape index (κ2) is 3.56. The van der Waals surface area contributed by atoms with Crippen molar-refractivity contribution in [3.63, 3.8) is 0 Å². The maximum Gasteiger partial charge on any atom is 0.223 e. The van der Waals surface area contributed by atoms with Crippen LogP contribution < -0.4 is 5.32 Å². The zero-order valence-corrected chi connectivity index (χ0v) is 9.09. The van der Waals surface area contributed by atoms with E-state index in [4.69, 9.17) is 0 Å². The summed E-state index contributed by atoms with van der Waals surface area (Å²) in [6, 6.07) is 0.626. The molecule has 3 heteroatoms. The van der Waals surface area contributed by atoms with E-state index in [0.29, 0.717) is 6.04 Å². The monoisotopic (exact) mass is 191 g/mol. The Hall–Kier alpha value is -1.12. The highest BCUT2D eigenvalue weighted by Gasteiger charge is 2.22. The number of hydrogen-bond acceptors (Lipinski definition) is 3. The number of hydrogen-bond donors (Lipinski definition) is 1. The zero-order chi connectivity index (χ0) is 10.1. The lowest BCUT2D eigenvalue weighted by Crippen LogP contribution is -2.09. The molecule has 0 bridgehead atoms. The van der Waals surface area contributed by atoms with Crippen molar-refractivity contribution in [2.75, 3.05) is 5.32 Å². The summed E-state index contributed by atoms with van der Waals surface area (Å²) in [5.41, 5.74) is 3.51. The fourth-order valence-electron chi connectivity index (χ4n) is 1.73. The second-order valence-electron chi connectivity index (χ2n) is 3.97. The van der Waals surface area contributed by atoms with Gasteiger partial charge in [-0.2, -0.15) is 0 Å². The first-order chi connectivity index (χ1) is 6.70. The van der Waals surface area contributed by atoms with Gasteiger partial charge in [-0.1, -0.05) is 6.92 Å². The molecular weight excluding hydrogens is 174 g/mol. The van der Waals surface area contributed by atoms with Crippen LogP contribution in [0.15, 0.2) is 0 Å².